The van der Waals surface area contributed by atoms with Gasteiger partial charge in [0.2, 0.25) is 0 Å². The Balaban J connectivity index is 1.90. The lowest BCUT2D eigenvalue weighted by Gasteiger charge is -2.28. The summed E-state index contributed by atoms with van der Waals surface area (Å²) in [5.74, 6) is 1.82. The van der Waals surface area contributed by atoms with Crippen LogP contribution in [0.15, 0.2) is 12.1 Å². The number of hydrogen-bond acceptors (Lipinski definition) is 5. The van der Waals surface area contributed by atoms with Gasteiger partial charge in [0.05, 0.1) is 5.69 Å². The normalized spacial score (nSPS) is 22.2. The number of anilines is 1. The number of nitrogens with one attached hydrogen (secondary N) is 1. The first kappa shape index (κ1) is 14.2. The standard InChI is InChI=1S/C14H25N5/c1-11(8-15)9-16-14-6-5-13(17-18-14)12-4-3-7-19(2)10-12/h5-6,11-12H,3-4,7-10,15H2,1-2H3,(H,16,18). The Kier molecular flexibility index (Phi) is 5.10. The third-order valence-corrected chi connectivity index (χ3v) is 3.76. The highest BCUT2D eigenvalue weighted by atomic mass is 15.2. The topological polar surface area (TPSA) is 67.1 Å². The van der Waals surface area contributed by atoms with Crippen LogP contribution in [0.5, 0.6) is 0 Å². The highest BCUT2D eigenvalue weighted by Gasteiger charge is 2.20. The molecule has 2 rings (SSSR count). The van der Waals surface area contributed by atoms with Crippen LogP contribution < -0.4 is 11.1 Å². The lowest BCUT2D eigenvalue weighted by atomic mass is 9.95. The van der Waals surface area contributed by atoms with Crippen molar-refractivity contribution in [3.8, 4) is 0 Å². The van der Waals surface area contributed by atoms with Crippen LogP contribution in [0.4, 0.5) is 5.82 Å². The summed E-state index contributed by atoms with van der Waals surface area (Å²) in [7, 11) is 2.17. The minimum absolute atomic E-state index is 0.452. The monoisotopic (exact) mass is 263 g/mol. The van der Waals surface area contributed by atoms with Crippen LogP contribution in [0, 0.1) is 5.92 Å². The maximum absolute atomic E-state index is 5.59. The highest BCUT2D eigenvalue weighted by molar-refractivity contribution is 5.33. The third-order valence-electron chi connectivity index (χ3n) is 3.76. The quantitative estimate of drug-likeness (QED) is 0.838. The summed E-state index contributed by atoms with van der Waals surface area (Å²) in [5.41, 5.74) is 6.70. The van der Waals surface area contributed by atoms with Gasteiger partial charge < -0.3 is 16.0 Å². The van der Waals surface area contributed by atoms with Gasteiger partial charge in [-0.05, 0) is 51.0 Å². The summed E-state index contributed by atoms with van der Waals surface area (Å²) >= 11 is 0. The fourth-order valence-corrected chi connectivity index (χ4v) is 2.42. The molecule has 2 heterocycles. The number of likely N-dealkylation sites (N-methyl/N-ethyl adjacent to an activating group) is 1. The molecule has 1 aliphatic rings. The van der Waals surface area contributed by atoms with Gasteiger partial charge in [0.1, 0.15) is 5.82 Å². The van der Waals surface area contributed by atoms with Gasteiger partial charge in [0.25, 0.3) is 0 Å². The molecule has 1 aromatic rings. The molecule has 0 radical (unpaired) electrons. The Morgan fingerprint density at radius 2 is 2.32 bits per heavy atom. The largest absolute Gasteiger partial charge is 0.368 e. The van der Waals surface area contributed by atoms with E-state index >= 15 is 0 Å². The first-order chi connectivity index (χ1) is 9.19. The van der Waals surface area contributed by atoms with Crippen LogP contribution >= 0.6 is 0 Å². The molecule has 0 amide bonds. The van der Waals surface area contributed by atoms with E-state index in [2.05, 4.69) is 40.5 Å². The predicted octanol–water partition coefficient (Wildman–Crippen LogP) is 1.29. The molecule has 3 N–H and O–H groups in total. The maximum Gasteiger partial charge on any atom is 0.148 e. The summed E-state index contributed by atoms with van der Waals surface area (Å²) in [4.78, 5) is 2.37. The molecule has 106 valence electrons. The van der Waals surface area contributed by atoms with E-state index in [9.17, 15) is 0 Å². The minimum Gasteiger partial charge on any atom is -0.368 e. The van der Waals surface area contributed by atoms with Crippen molar-refractivity contribution in [1.29, 1.82) is 0 Å². The molecule has 5 nitrogen and oxygen atoms in total. The van der Waals surface area contributed by atoms with Gasteiger partial charge in [-0.1, -0.05) is 6.92 Å². The second-order valence-electron chi connectivity index (χ2n) is 5.67. The van der Waals surface area contributed by atoms with Gasteiger partial charge in [-0.2, -0.15) is 5.10 Å². The van der Waals surface area contributed by atoms with E-state index in [1.807, 2.05) is 6.07 Å². The number of nitrogens with two attached hydrogens (primary N) is 1. The van der Waals surface area contributed by atoms with Crippen LogP contribution in [-0.2, 0) is 0 Å². The maximum atomic E-state index is 5.59. The summed E-state index contributed by atoms with van der Waals surface area (Å²) < 4.78 is 0. The van der Waals surface area contributed by atoms with Crippen LogP contribution in [0.1, 0.15) is 31.4 Å². The zero-order valence-corrected chi connectivity index (χ0v) is 12.0. The van der Waals surface area contributed by atoms with Crippen molar-refractivity contribution < 1.29 is 0 Å². The number of hydrogen-bond donors (Lipinski definition) is 2. The Morgan fingerprint density at radius 1 is 1.47 bits per heavy atom. The highest BCUT2D eigenvalue weighted by Crippen LogP contribution is 2.24. The van der Waals surface area contributed by atoms with Crippen molar-refractivity contribution in [3.05, 3.63) is 17.8 Å². The van der Waals surface area contributed by atoms with Crippen molar-refractivity contribution in [2.45, 2.75) is 25.7 Å². The molecule has 1 saturated heterocycles. The van der Waals surface area contributed by atoms with Gasteiger partial charge >= 0.3 is 0 Å². The fourth-order valence-electron chi connectivity index (χ4n) is 2.42. The Bertz CT molecular complexity index is 378. The molecule has 1 fully saturated rings. The van der Waals surface area contributed by atoms with Crippen molar-refractivity contribution in [2.75, 3.05) is 38.5 Å². The average Bonchev–Trinajstić information content (AvgIpc) is 2.45. The molecule has 19 heavy (non-hydrogen) atoms. The molecule has 0 aromatic carbocycles. The van der Waals surface area contributed by atoms with Crippen LogP contribution in [0.25, 0.3) is 0 Å². The van der Waals surface area contributed by atoms with E-state index in [0.717, 1.165) is 24.6 Å². The Morgan fingerprint density at radius 3 is 2.95 bits per heavy atom. The number of aromatic nitrogens is 2. The molecule has 2 unspecified atom stereocenters. The summed E-state index contributed by atoms with van der Waals surface area (Å²) in [6, 6.07) is 4.13. The molecule has 0 saturated carbocycles. The lowest BCUT2D eigenvalue weighted by molar-refractivity contribution is 0.248. The molecule has 0 bridgehead atoms. The number of piperidine rings is 1. The van der Waals surface area contributed by atoms with Gasteiger partial charge in [0, 0.05) is 19.0 Å². The van der Waals surface area contributed by atoms with Crippen LogP contribution in [0.2, 0.25) is 0 Å². The third kappa shape index (κ3) is 4.14. The second-order valence-corrected chi connectivity index (χ2v) is 5.67. The van der Waals surface area contributed by atoms with E-state index in [0.29, 0.717) is 18.4 Å². The van der Waals surface area contributed by atoms with E-state index in [1.165, 1.54) is 19.4 Å². The van der Waals surface area contributed by atoms with Crippen molar-refractivity contribution in [3.63, 3.8) is 0 Å². The first-order valence-corrected chi connectivity index (χ1v) is 7.15. The van der Waals surface area contributed by atoms with Crippen molar-refractivity contribution in [1.82, 2.24) is 15.1 Å². The molecule has 2 atom stereocenters. The smallest absolute Gasteiger partial charge is 0.148 e. The predicted molar refractivity (Wildman–Crippen MR) is 78.2 cm³/mol. The molecule has 5 heteroatoms. The Hall–Kier alpha value is -1.20. The van der Waals surface area contributed by atoms with Crippen molar-refractivity contribution >= 4 is 5.82 Å². The van der Waals surface area contributed by atoms with Gasteiger partial charge in [0.15, 0.2) is 0 Å². The Labute approximate surface area is 115 Å². The summed E-state index contributed by atoms with van der Waals surface area (Å²) in [6.45, 7) is 5.93. The zero-order valence-electron chi connectivity index (χ0n) is 12.0. The van der Waals surface area contributed by atoms with E-state index in [-0.39, 0.29) is 0 Å². The molecular weight excluding hydrogens is 238 g/mol. The second kappa shape index (κ2) is 6.82. The fraction of sp³-hybridized carbons (Fsp3) is 0.714. The molecule has 1 aromatic heterocycles. The average molecular weight is 263 g/mol. The molecular formula is C14H25N5. The van der Waals surface area contributed by atoms with Gasteiger partial charge in [-0.25, -0.2) is 0 Å². The molecule has 0 spiro atoms. The van der Waals surface area contributed by atoms with E-state index in [4.69, 9.17) is 5.73 Å². The minimum atomic E-state index is 0.452. The first-order valence-electron chi connectivity index (χ1n) is 7.15. The van der Waals surface area contributed by atoms with Gasteiger partial charge in [-0.15, -0.1) is 5.10 Å². The van der Waals surface area contributed by atoms with E-state index < -0.39 is 0 Å². The van der Waals surface area contributed by atoms with Crippen molar-refractivity contribution in [2.24, 2.45) is 11.7 Å². The zero-order chi connectivity index (χ0) is 13.7. The number of likely N-dealkylation sites (tertiary alicyclic amines) is 1. The molecule has 1 aliphatic heterocycles. The van der Waals surface area contributed by atoms with E-state index in [1.54, 1.807) is 0 Å². The number of nitrogens with zero attached hydrogens (tertiary/aromatic N) is 3. The lowest BCUT2D eigenvalue weighted by Crippen LogP contribution is -2.31. The van der Waals surface area contributed by atoms with Crippen LogP contribution in [0.3, 0.4) is 0 Å². The number of rotatable bonds is 5. The van der Waals surface area contributed by atoms with Gasteiger partial charge in [-0.3, -0.25) is 0 Å². The SMILES string of the molecule is CC(CN)CNc1ccc(C2CCCN(C)C2)nn1. The summed E-state index contributed by atoms with van der Waals surface area (Å²) in [6.07, 6.45) is 2.47. The summed E-state index contributed by atoms with van der Waals surface area (Å²) in [5, 5.41) is 11.9. The molecule has 0 aliphatic carbocycles. The van der Waals surface area contributed by atoms with Crippen LogP contribution in [-0.4, -0.2) is 48.3 Å².